The van der Waals surface area contributed by atoms with Crippen LogP contribution in [0.3, 0.4) is 0 Å². The van der Waals surface area contributed by atoms with Crippen LogP contribution in [0, 0.1) is 24.4 Å². The fourth-order valence-corrected chi connectivity index (χ4v) is 1.94. The van der Waals surface area contributed by atoms with Crippen molar-refractivity contribution in [3.8, 4) is 0 Å². The molecule has 100 valence electrons. The Hall–Kier alpha value is -1.81. The lowest BCUT2D eigenvalue weighted by Crippen LogP contribution is -2.34. The molecule has 0 saturated heterocycles. The predicted molar refractivity (Wildman–Crippen MR) is 68.1 cm³/mol. The summed E-state index contributed by atoms with van der Waals surface area (Å²) in [4.78, 5) is 0. The Balaban J connectivity index is 2.54. The van der Waals surface area contributed by atoms with Gasteiger partial charge in [0.2, 0.25) is 0 Å². The van der Waals surface area contributed by atoms with Crippen LogP contribution in [-0.4, -0.2) is 0 Å². The van der Waals surface area contributed by atoms with Gasteiger partial charge in [-0.2, -0.15) is 0 Å². The van der Waals surface area contributed by atoms with E-state index in [1.54, 1.807) is 26.0 Å². The minimum Gasteiger partial charge on any atom is -0.318 e. The van der Waals surface area contributed by atoms with Gasteiger partial charge in [-0.15, -0.1) is 0 Å². The average molecular weight is 265 g/mol. The molecule has 0 amide bonds. The van der Waals surface area contributed by atoms with E-state index >= 15 is 0 Å². The zero-order chi connectivity index (χ0) is 14.2. The SMILES string of the molecule is Cc1ccc(C(C)(N)c2cc(F)cc(F)c2)cc1F. The molecular weight excluding hydrogens is 251 g/mol. The minimum absolute atomic E-state index is 0.258. The zero-order valence-electron chi connectivity index (χ0n) is 10.7. The molecule has 0 aliphatic heterocycles. The first kappa shape index (κ1) is 13.6. The molecule has 2 N–H and O–H groups in total. The average Bonchev–Trinajstić information content (AvgIpc) is 2.31. The normalized spacial score (nSPS) is 14.2. The second-order valence-electron chi connectivity index (χ2n) is 4.82. The van der Waals surface area contributed by atoms with Crippen molar-refractivity contribution in [1.29, 1.82) is 0 Å². The molecule has 0 radical (unpaired) electrons. The summed E-state index contributed by atoms with van der Waals surface area (Å²) in [6.45, 7) is 3.22. The fourth-order valence-electron chi connectivity index (χ4n) is 1.94. The molecule has 0 aliphatic carbocycles. The van der Waals surface area contributed by atoms with Gasteiger partial charge in [-0.1, -0.05) is 12.1 Å². The fraction of sp³-hybridized carbons (Fsp3) is 0.200. The summed E-state index contributed by atoms with van der Waals surface area (Å²) < 4.78 is 40.1. The van der Waals surface area contributed by atoms with Gasteiger partial charge in [0, 0.05) is 6.07 Å². The predicted octanol–water partition coefficient (Wildman–Crippen LogP) is 3.63. The summed E-state index contributed by atoms with van der Waals surface area (Å²) in [5, 5.41) is 0. The Labute approximate surface area is 109 Å². The Bertz CT molecular complexity index is 601. The third kappa shape index (κ3) is 2.63. The summed E-state index contributed by atoms with van der Waals surface area (Å²) in [7, 11) is 0. The maximum absolute atomic E-state index is 13.6. The van der Waals surface area contributed by atoms with Gasteiger partial charge in [0.15, 0.2) is 0 Å². The van der Waals surface area contributed by atoms with Gasteiger partial charge >= 0.3 is 0 Å². The summed E-state index contributed by atoms with van der Waals surface area (Å²) in [6.07, 6.45) is 0. The van der Waals surface area contributed by atoms with E-state index in [1.807, 2.05) is 0 Å². The summed E-state index contributed by atoms with van der Waals surface area (Å²) in [5.74, 6) is -1.82. The summed E-state index contributed by atoms with van der Waals surface area (Å²) >= 11 is 0. The molecule has 0 bridgehead atoms. The molecule has 2 aromatic carbocycles. The van der Waals surface area contributed by atoms with Gasteiger partial charge in [-0.05, 0) is 48.7 Å². The number of nitrogens with two attached hydrogens (primary N) is 1. The lowest BCUT2D eigenvalue weighted by molar-refractivity contribution is 0.545. The maximum atomic E-state index is 13.6. The van der Waals surface area contributed by atoms with Crippen LogP contribution in [0.2, 0.25) is 0 Å². The highest BCUT2D eigenvalue weighted by Crippen LogP contribution is 2.28. The van der Waals surface area contributed by atoms with Crippen molar-refractivity contribution in [1.82, 2.24) is 0 Å². The van der Waals surface area contributed by atoms with Gasteiger partial charge in [-0.3, -0.25) is 0 Å². The highest BCUT2D eigenvalue weighted by molar-refractivity contribution is 5.38. The quantitative estimate of drug-likeness (QED) is 0.881. The van der Waals surface area contributed by atoms with Crippen molar-refractivity contribution in [2.75, 3.05) is 0 Å². The Morgan fingerprint density at radius 3 is 2.00 bits per heavy atom. The van der Waals surface area contributed by atoms with Crippen LogP contribution in [0.5, 0.6) is 0 Å². The van der Waals surface area contributed by atoms with Gasteiger partial charge in [0.25, 0.3) is 0 Å². The number of hydrogen-bond donors (Lipinski definition) is 1. The first-order chi connectivity index (χ1) is 8.80. The highest BCUT2D eigenvalue weighted by Gasteiger charge is 2.25. The molecule has 2 rings (SSSR count). The Kier molecular flexibility index (Phi) is 3.37. The van der Waals surface area contributed by atoms with E-state index in [4.69, 9.17) is 5.73 Å². The van der Waals surface area contributed by atoms with E-state index in [2.05, 4.69) is 0 Å². The first-order valence-corrected chi connectivity index (χ1v) is 5.83. The number of aryl methyl sites for hydroxylation is 1. The maximum Gasteiger partial charge on any atom is 0.126 e. The Morgan fingerprint density at radius 1 is 0.895 bits per heavy atom. The van der Waals surface area contributed by atoms with E-state index in [-0.39, 0.29) is 5.56 Å². The monoisotopic (exact) mass is 265 g/mol. The minimum atomic E-state index is -1.17. The molecule has 1 nitrogen and oxygen atoms in total. The molecule has 1 atom stereocenters. The van der Waals surface area contributed by atoms with Crippen molar-refractivity contribution < 1.29 is 13.2 Å². The van der Waals surface area contributed by atoms with Crippen LogP contribution in [-0.2, 0) is 5.54 Å². The van der Waals surface area contributed by atoms with E-state index in [0.29, 0.717) is 11.1 Å². The van der Waals surface area contributed by atoms with Crippen molar-refractivity contribution in [2.24, 2.45) is 5.73 Å². The van der Waals surface area contributed by atoms with Gasteiger partial charge in [-0.25, -0.2) is 13.2 Å². The number of rotatable bonds is 2. The van der Waals surface area contributed by atoms with Gasteiger partial charge < -0.3 is 5.73 Å². The van der Waals surface area contributed by atoms with Crippen LogP contribution in [0.1, 0.15) is 23.6 Å². The second kappa shape index (κ2) is 4.70. The smallest absolute Gasteiger partial charge is 0.126 e. The molecule has 19 heavy (non-hydrogen) atoms. The van der Waals surface area contributed by atoms with Crippen LogP contribution < -0.4 is 5.73 Å². The lowest BCUT2D eigenvalue weighted by Gasteiger charge is -2.26. The van der Waals surface area contributed by atoms with E-state index in [9.17, 15) is 13.2 Å². The summed E-state index contributed by atoms with van der Waals surface area (Å²) in [6, 6.07) is 7.61. The molecule has 1 unspecified atom stereocenters. The molecule has 0 heterocycles. The largest absolute Gasteiger partial charge is 0.318 e. The topological polar surface area (TPSA) is 26.0 Å². The molecule has 0 fully saturated rings. The van der Waals surface area contributed by atoms with Crippen molar-refractivity contribution in [2.45, 2.75) is 19.4 Å². The first-order valence-electron chi connectivity index (χ1n) is 5.83. The molecule has 0 saturated carbocycles. The third-order valence-electron chi connectivity index (χ3n) is 3.23. The van der Waals surface area contributed by atoms with E-state index in [1.165, 1.54) is 6.07 Å². The lowest BCUT2D eigenvalue weighted by atomic mass is 9.85. The Morgan fingerprint density at radius 2 is 1.47 bits per heavy atom. The van der Waals surface area contributed by atoms with Crippen LogP contribution in [0.15, 0.2) is 36.4 Å². The van der Waals surface area contributed by atoms with Crippen molar-refractivity contribution in [3.63, 3.8) is 0 Å². The second-order valence-corrected chi connectivity index (χ2v) is 4.82. The molecule has 0 aromatic heterocycles. The van der Waals surface area contributed by atoms with Gasteiger partial charge in [0.05, 0.1) is 5.54 Å². The molecule has 0 aliphatic rings. The van der Waals surface area contributed by atoms with Crippen LogP contribution in [0.25, 0.3) is 0 Å². The number of hydrogen-bond acceptors (Lipinski definition) is 1. The molecule has 4 heteroatoms. The van der Waals surface area contributed by atoms with Gasteiger partial charge in [0.1, 0.15) is 17.5 Å². The van der Waals surface area contributed by atoms with Crippen molar-refractivity contribution >= 4 is 0 Å². The number of halogens is 3. The van der Waals surface area contributed by atoms with E-state index in [0.717, 1.165) is 18.2 Å². The highest BCUT2D eigenvalue weighted by atomic mass is 19.1. The standard InChI is InChI=1S/C15H14F3N/c1-9-3-4-10(7-14(9)18)15(2,19)11-5-12(16)8-13(17)6-11/h3-8H,19H2,1-2H3. The van der Waals surface area contributed by atoms with Crippen molar-refractivity contribution in [3.05, 3.63) is 70.5 Å². The molecule has 0 spiro atoms. The molecular formula is C15H14F3N. The molecule has 2 aromatic rings. The third-order valence-corrected chi connectivity index (χ3v) is 3.23. The zero-order valence-corrected chi connectivity index (χ0v) is 10.7. The summed E-state index contributed by atoms with van der Waals surface area (Å²) in [5.41, 5.74) is 6.15. The number of benzene rings is 2. The van der Waals surface area contributed by atoms with E-state index < -0.39 is 23.0 Å². The van der Waals surface area contributed by atoms with Crippen LogP contribution in [0.4, 0.5) is 13.2 Å². The van der Waals surface area contributed by atoms with Crippen LogP contribution >= 0.6 is 0 Å².